The van der Waals surface area contributed by atoms with Crippen molar-refractivity contribution in [2.75, 3.05) is 7.11 Å². The van der Waals surface area contributed by atoms with Gasteiger partial charge in [0.2, 0.25) is 10.0 Å². The maximum absolute atomic E-state index is 13.4. The Balaban J connectivity index is 1.83. The number of nitrogens with zero attached hydrogens (tertiary/aromatic N) is 1. The minimum atomic E-state index is -3.32. The number of ether oxygens (including phenoxy) is 1. The third-order valence-corrected chi connectivity index (χ3v) is 7.61. The van der Waals surface area contributed by atoms with Crippen LogP contribution in [0.2, 0.25) is 0 Å². The predicted octanol–water partition coefficient (Wildman–Crippen LogP) is 4.49. The van der Waals surface area contributed by atoms with Gasteiger partial charge in [0.05, 0.1) is 12.9 Å². The smallest absolute Gasteiger partial charge is 0.218 e. The van der Waals surface area contributed by atoms with Gasteiger partial charge in [-0.25, -0.2) is 8.42 Å². The van der Waals surface area contributed by atoms with Gasteiger partial charge in [-0.15, -0.1) is 0 Å². The zero-order chi connectivity index (χ0) is 17.7. The van der Waals surface area contributed by atoms with Gasteiger partial charge >= 0.3 is 0 Å². The number of rotatable bonds is 6. The Bertz CT molecular complexity index is 629. The van der Waals surface area contributed by atoms with Crippen molar-refractivity contribution in [3.05, 3.63) is 29.8 Å². The lowest BCUT2D eigenvalue weighted by Crippen LogP contribution is -2.49. The summed E-state index contributed by atoms with van der Waals surface area (Å²) in [6, 6.07) is 7.86. The van der Waals surface area contributed by atoms with Gasteiger partial charge in [0.25, 0.3) is 0 Å². The van der Waals surface area contributed by atoms with Crippen LogP contribution in [-0.2, 0) is 15.8 Å². The van der Waals surface area contributed by atoms with Crippen LogP contribution in [0.3, 0.4) is 0 Å². The van der Waals surface area contributed by atoms with E-state index in [-0.39, 0.29) is 17.8 Å². The molecule has 1 aromatic rings. The second-order valence-electron chi connectivity index (χ2n) is 7.52. The maximum atomic E-state index is 13.4. The first-order chi connectivity index (χ1) is 12.1. The molecule has 2 fully saturated rings. The Labute approximate surface area is 152 Å². The summed E-state index contributed by atoms with van der Waals surface area (Å²) in [4.78, 5) is 0. The van der Waals surface area contributed by atoms with E-state index >= 15 is 0 Å². The first-order valence-electron chi connectivity index (χ1n) is 9.74. The Hall–Kier alpha value is -1.07. The summed E-state index contributed by atoms with van der Waals surface area (Å²) in [5.74, 6) is 0.798. The first-order valence-corrected chi connectivity index (χ1v) is 11.4. The molecule has 0 N–H and O–H groups in total. The largest absolute Gasteiger partial charge is 0.497 e. The van der Waals surface area contributed by atoms with Gasteiger partial charge in [-0.05, 0) is 43.4 Å². The normalized spacial score (nSPS) is 20.7. The Morgan fingerprint density at radius 1 is 0.960 bits per heavy atom. The van der Waals surface area contributed by atoms with Gasteiger partial charge in [-0.3, -0.25) is 0 Å². The van der Waals surface area contributed by atoms with Gasteiger partial charge in [0.15, 0.2) is 0 Å². The van der Waals surface area contributed by atoms with Crippen molar-refractivity contribution in [1.82, 2.24) is 4.31 Å². The standard InChI is InChI=1S/C20H31NO3S/c1-24-20-14-8-9-17(15-20)16-25(22,23)21(18-10-4-2-5-11-18)19-12-6-3-7-13-19/h8-9,14-15,18-19H,2-7,10-13,16H2,1H3. The van der Waals surface area contributed by atoms with Gasteiger partial charge in [-0.2, -0.15) is 4.31 Å². The van der Waals surface area contributed by atoms with Crippen LogP contribution in [0, 0.1) is 0 Å². The summed E-state index contributed by atoms with van der Waals surface area (Å²) in [6.45, 7) is 0. The van der Waals surface area contributed by atoms with Crippen LogP contribution in [0.15, 0.2) is 24.3 Å². The molecule has 0 bridgehead atoms. The summed E-state index contributed by atoms with van der Waals surface area (Å²) in [6.07, 6.45) is 11.2. The van der Waals surface area contributed by atoms with Crippen LogP contribution in [0.4, 0.5) is 0 Å². The van der Waals surface area contributed by atoms with E-state index in [0.29, 0.717) is 0 Å². The van der Waals surface area contributed by atoms with Crippen LogP contribution in [0.25, 0.3) is 0 Å². The van der Waals surface area contributed by atoms with Crippen LogP contribution < -0.4 is 4.74 Å². The average Bonchev–Trinajstić information content (AvgIpc) is 2.63. The molecule has 0 unspecified atom stereocenters. The van der Waals surface area contributed by atoms with Crippen molar-refractivity contribution in [3.8, 4) is 5.75 Å². The molecule has 0 aromatic heterocycles. The van der Waals surface area contributed by atoms with Gasteiger partial charge in [0, 0.05) is 12.1 Å². The quantitative estimate of drug-likeness (QED) is 0.746. The van der Waals surface area contributed by atoms with Crippen molar-refractivity contribution in [2.45, 2.75) is 82.0 Å². The fraction of sp³-hybridized carbons (Fsp3) is 0.700. The molecule has 0 heterocycles. The SMILES string of the molecule is COc1cccc(CS(=O)(=O)N(C2CCCCC2)C2CCCCC2)c1. The first kappa shape index (κ1) is 18.7. The Morgan fingerprint density at radius 2 is 1.52 bits per heavy atom. The van der Waals surface area contributed by atoms with Crippen molar-refractivity contribution >= 4 is 10.0 Å². The molecule has 0 atom stereocenters. The lowest BCUT2D eigenvalue weighted by atomic mass is 9.91. The molecule has 3 rings (SSSR count). The fourth-order valence-corrected chi connectivity index (χ4v) is 6.55. The van der Waals surface area contributed by atoms with Crippen molar-refractivity contribution < 1.29 is 13.2 Å². The van der Waals surface area contributed by atoms with E-state index in [2.05, 4.69) is 0 Å². The van der Waals surface area contributed by atoms with Gasteiger partial charge < -0.3 is 4.74 Å². The summed E-state index contributed by atoms with van der Waals surface area (Å²) in [5.41, 5.74) is 0.816. The highest BCUT2D eigenvalue weighted by molar-refractivity contribution is 7.88. The lowest BCUT2D eigenvalue weighted by Gasteiger charge is -2.40. The molecule has 2 saturated carbocycles. The lowest BCUT2D eigenvalue weighted by molar-refractivity contribution is 0.169. The molecule has 0 saturated heterocycles. The Kier molecular flexibility index (Phi) is 6.39. The molecule has 2 aliphatic rings. The number of hydrogen-bond acceptors (Lipinski definition) is 3. The van der Waals surface area contributed by atoms with E-state index in [1.54, 1.807) is 7.11 Å². The highest BCUT2D eigenvalue weighted by atomic mass is 32.2. The third-order valence-electron chi connectivity index (χ3n) is 5.67. The zero-order valence-electron chi connectivity index (χ0n) is 15.3. The molecule has 0 aliphatic heterocycles. The van der Waals surface area contributed by atoms with E-state index in [1.807, 2.05) is 28.6 Å². The predicted molar refractivity (Wildman–Crippen MR) is 101 cm³/mol. The van der Waals surface area contributed by atoms with E-state index in [0.717, 1.165) is 62.7 Å². The van der Waals surface area contributed by atoms with E-state index < -0.39 is 10.0 Å². The molecule has 4 nitrogen and oxygen atoms in total. The van der Waals surface area contributed by atoms with E-state index in [4.69, 9.17) is 4.74 Å². The molecule has 0 spiro atoms. The number of hydrogen-bond donors (Lipinski definition) is 0. The maximum Gasteiger partial charge on any atom is 0.218 e. The van der Waals surface area contributed by atoms with E-state index in [9.17, 15) is 8.42 Å². The summed E-state index contributed by atoms with van der Waals surface area (Å²) in [5, 5.41) is 0. The molecule has 1 aromatic carbocycles. The monoisotopic (exact) mass is 365 g/mol. The average molecular weight is 366 g/mol. The third kappa shape index (κ3) is 4.76. The number of methoxy groups -OCH3 is 1. The Morgan fingerprint density at radius 3 is 2.04 bits per heavy atom. The molecule has 0 amide bonds. The van der Waals surface area contributed by atoms with Gasteiger partial charge in [-0.1, -0.05) is 50.7 Å². The van der Waals surface area contributed by atoms with Gasteiger partial charge in [0.1, 0.15) is 5.75 Å². The molecule has 25 heavy (non-hydrogen) atoms. The van der Waals surface area contributed by atoms with Crippen molar-refractivity contribution in [3.63, 3.8) is 0 Å². The van der Waals surface area contributed by atoms with Crippen LogP contribution in [0.1, 0.15) is 69.8 Å². The van der Waals surface area contributed by atoms with Crippen molar-refractivity contribution in [1.29, 1.82) is 0 Å². The minimum Gasteiger partial charge on any atom is -0.497 e. The van der Waals surface area contributed by atoms with Crippen LogP contribution in [-0.4, -0.2) is 31.9 Å². The zero-order valence-corrected chi connectivity index (χ0v) is 16.1. The molecule has 5 heteroatoms. The second-order valence-corrected chi connectivity index (χ2v) is 9.40. The molecule has 140 valence electrons. The van der Waals surface area contributed by atoms with Crippen LogP contribution in [0.5, 0.6) is 5.75 Å². The second kappa shape index (κ2) is 8.54. The van der Waals surface area contributed by atoms with Crippen molar-refractivity contribution in [2.24, 2.45) is 0 Å². The van der Waals surface area contributed by atoms with E-state index in [1.165, 1.54) is 12.8 Å². The topological polar surface area (TPSA) is 46.6 Å². The molecule has 0 radical (unpaired) electrons. The summed E-state index contributed by atoms with van der Waals surface area (Å²) < 4.78 is 34.0. The highest BCUT2D eigenvalue weighted by Crippen LogP contribution is 2.33. The highest BCUT2D eigenvalue weighted by Gasteiger charge is 2.37. The minimum absolute atomic E-state index is 0.0806. The molecular formula is C20H31NO3S. The number of sulfonamides is 1. The van der Waals surface area contributed by atoms with Crippen LogP contribution >= 0.6 is 0 Å². The fourth-order valence-electron chi connectivity index (χ4n) is 4.47. The molecule has 2 aliphatic carbocycles. The summed E-state index contributed by atoms with van der Waals surface area (Å²) >= 11 is 0. The molecular weight excluding hydrogens is 334 g/mol. The summed E-state index contributed by atoms with van der Waals surface area (Å²) in [7, 11) is -1.71. The number of benzene rings is 1.